The summed E-state index contributed by atoms with van der Waals surface area (Å²) < 4.78 is 6.00. The number of hydrogen-bond acceptors (Lipinski definition) is 6. The van der Waals surface area contributed by atoms with Crippen LogP contribution in [-0.2, 0) is 11.4 Å². The second kappa shape index (κ2) is 10.1. The molecular weight excluding hydrogens is 438 g/mol. The summed E-state index contributed by atoms with van der Waals surface area (Å²) in [5.41, 5.74) is 3.24. The van der Waals surface area contributed by atoms with Crippen molar-refractivity contribution < 1.29 is 9.53 Å². The minimum absolute atomic E-state index is 0.271. The Labute approximate surface area is 205 Å². The van der Waals surface area contributed by atoms with Crippen molar-refractivity contribution in [2.45, 2.75) is 19.6 Å². The van der Waals surface area contributed by atoms with Gasteiger partial charge in [0.05, 0.1) is 5.69 Å². The topological polar surface area (TPSA) is 64.7 Å². The van der Waals surface area contributed by atoms with Gasteiger partial charge in [0.15, 0.2) is 5.82 Å². The molecule has 1 saturated heterocycles. The maximum Gasteiger partial charge on any atom is 0.152 e. The van der Waals surface area contributed by atoms with Crippen LogP contribution in [0.2, 0.25) is 0 Å². The Bertz CT molecular complexity index is 1290. The van der Waals surface area contributed by atoms with E-state index in [1.807, 2.05) is 48.7 Å². The van der Waals surface area contributed by atoms with Gasteiger partial charge >= 0.3 is 0 Å². The third-order valence-electron chi connectivity index (χ3n) is 6.66. The van der Waals surface area contributed by atoms with Gasteiger partial charge < -0.3 is 29.2 Å². The van der Waals surface area contributed by atoms with Crippen LogP contribution in [0.1, 0.15) is 12.5 Å². The number of aromatic nitrogens is 2. The van der Waals surface area contributed by atoms with Gasteiger partial charge in [-0.05, 0) is 48.9 Å². The van der Waals surface area contributed by atoms with Crippen LogP contribution in [0, 0.1) is 0 Å². The molecule has 7 heteroatoms. The van der Waals surface area contributed by atoms with Gasteiger partial charge in [-0.1, -0.05) is 30.3 Å². The number of aromatic amines is 1. The number of rotatable bonds is 8. The van der Waals surface area contributed by atoms with Crippen molar-refractivity contribution in [3.63, 3.8) is 0 Å². The fourth-order valence-corrected chi connectivity index (χ4v) is 4.60. The zero-order valence-electron chi connectivity index (χ0n) is 20.2. The van der Waals surface area contributed by atoms with Crippen LogP contribution in [0.25, 0.3) is 10.9 Å². The molecule has 2 aromatic heterocycles. The Morgan fingerprint density at radius 2 is 1.97 bits per heavy atom. The van der Waals surface area contributed by atoms with E-state index >= 15 is 0 Å². The molecule has 0 spiro atoms. The van der Waals surface area contributed by atoms with Crippen molar-refractivity contribution in [3.8, 4) is 5.75 Å². The fraction of sp³-hybridized carbons (Fsp3) is 0.286. The van der Waals surface area contributed by atoms with Crippen molar-refractivity contribution in [3.05, 3.63) is 78.5 Å². The first kappa shape index (κ1) is 22.8. The van der Waals surface area contributed by atoms with Gasteiger partial charge in [0.2, 0.25) is 0 Å². The lowest BCUT2D eigenvalue weighted by molar-refractivity contribution is -0.109. The average Bonchev–Trinajstić information content (AvgIpc) is 3.35. The van der Waals surface area contributed by atoms with Crippen LogP contribution in [0.15, 0.2) is 72.9 Å². The van der Waals surface area contributed by atoms with Gasteiger partial charge in [-0.25, -0.2) is 4.98 Å². The van der Waals surface area contributed by atoms with E-state index < -0.39 is 0 Å². The first-order chi connectivity index (χ1) is 17.2. The van der Waals surface area contributed by atoms with Crippen LogP contribution < -0.4 is 19.4 Å². The summed E-state index contributed by atoms with van der Waals surface area (Å²) >= 11 is 0. The number of anilines is 3. The molecule has 1 N–H and O–H groups in total. The minimum Gasteiger partial charge on any atom is -0.489 e. The number of aldehydes is 1. The largest absolute Gasteiger partial charge is 0.489 e. The van der Waals surface area contributed by atoms with Crippen LogP contribution in [0.4, 0.5) is 17.3 Å². The number of ether oxygens (including phenoxy) is 1. The highest BCUT2D eigenvalue weighted by atomic mass is 16.5. The standard InChI is InChI=1S/C28H31N5O2/c1-3-31(2)26-10-7-13-29-28(26)32-14-15-33(23(18-32)19-34)27-17-22-16-24(11-12-25(22)30-27)35-20-21-8-5-4-6-9-21/h4-13,16-17,19,23,30H,3,14-15,18,20H2,1-2H3. The molecule has 35 heavy (non-hydrogen) atoms. The number of nitrogens with zero attached hydrogens (tertiary/aromatic N) is 4. The van der Waals surface area contributed by atoms with E-state index in [1.54, 1.807) is 0 Å². The maximum atomic E-state index is 12.2. The number of fused-ring (bicyclic) bond motifs is 1. The minimum atomic E-state index is -0.271. The molecule has 1 unspecified atom stereocenters. The summed E-state index contributed by atoms with van der Waals surface area (Å²) in [6.07, 6.45) is 2.86. The molecule has 5 rings (SSSR count). The van der Waals surface area contributed by atoms with Gasteiger partial charge in [-0.15, -0.1) is 0 Å². The summed E-state index contributed by atoms with van der Waals surface area (Å²) in [7, 11) is 2.07. The van der Waals surface area contributed by atoms with Crippen LogP contribution in [0.5, 0.6) is 5.75 Å². The summed E-state index contributed by atoms with van der Waals surface area (Å²) in [4.78, 5) is 26.8. The van der Waals surface area contributed by atoms with E-state index in [4.69, 9.17) is 4.74 Å². The summed E-state index contributed by atoms with van der Waals surface area (Å²) in [6, 6.07) is 22.1. The number of carbonyl (C=O) groups is 1. The monoisotopic (exact) mass is 469 g/mol. The lowest BCUT2D eigenvalue weighted by Crippen LogP contribution is -2.54. The van der Waals surface area contributed by atoms with Gasteiger partial charge in [0.1, 0.15) is 30.5 Å². The van der Waals surface area contributed by atoms with Crippen molar-refractivity contribution in [2.75, 3.05) is 47.9 Å². The van der Waals surface area contributed by atoms with Gasteiger partial charge in [-0.3, -0.25) is 0 Å². The quantitative estimate of drug-likeness (QED) is 0.384. The Morgan fingerprint density at radius 1 is 1.11 bits per heavy atom. The number of pyridine rings is 1. The highest BCUT2D eigenvalue weighted by Gasteiger charge is 2.30. The molecule has 2 aromatic carbocycles. The van der Waals surface area contributed by atoms with Crippen LogP contribution in [-0.4, -0.2) is 55.5 Å². The van der Waals surface area contributed by atoms with Gasteiger partial charge in [0, 0.05) is 50.3 Å². The predicted octanol–water partition coefficient (Wildman–Crippen LogP) is 4.49. The van der Waals surface area contributed by atoms with Crippen molar-refractivity contribution >= 4 is 34.5 Å². The Balaban J connectivity index is 1.32. The molecule has 1 aliphatic rings. The zero-order valence-corrected chi connectivity index (χ0v) is 20.2. The number of piperazine rings is 1. The molecular formula is C28H31N5O2. The summed E-state index contributed by atoms with van der Waals surface area (Å²) in [5, 5.41) is 1.06. The third-order valence-corrected chi connectivity index (χ3v) is 6.66. The van der Waals surface area contributed by atoms with E-state index in [0.717, 1.165) is 65.5 Å². The number of hydrogen-bond donors (Lipinski definition) is 1. The molecule has 0 saturated carbocycles. The molecule has 1 aliphatic heterocycles. The Morgan fingerprint density at radius 3 is 2.77 bits per heavy atom. The number of H-pyrrole nitrogens is 1. The highest BCUT2D eigenvalue weighted by molar-refractivity contribution is 5.86. The Hall–Kier alpha value is -4.00. The summed E-state index contributed by atoms with van der Waals surface area (Å²) in [6.45, 7) is 5.64. The lowest BCUT2D eigenvalue weighted by atomic mass is 10.1. The fourth-order valence-electron chi connectivity index (χ4n) is 4.60. The van der Waals surface area contributed by atoms with E-state index in [0.29, 0.717) is 13.2 Å². The molecule has 180 valence electrons. The molecule has 1 fully saturated rings. The molecule has 0 radical (unpaired) electrons. The lowest BCUT2D eigenvalue weighted by Gasteiger charge is -2.41. The molecule has 3 heterocycles. The molecule has 7 nitrogen and oxygen atoms in total. The first-order valence-electron chi connectivity index (χ1n) is 12.1. The van der Waals surface area contributed by atoms with Gasteiger partial charge in [-0.2, -0.15) is 0 Å². The predicted molar refractivity (Wildman–Crippen MR) is 142 cm³/mol. The van der Waals surface area contributed by atoms with Crippen LogP contribution in [0.3, 0.4) is 0 Å². The third kappa shape index (κ3) is 4.80. The van der Waals surface area contributed by atoms with E-state index in [9.17, 15) is 4.79 Å². The summed E-state index contributed by atoms with van der Waals surface area (Å²) in [5.74, 6) is 2.70. The smallest absolute Gasteiger partial charge is 0.152 e. The molecule has 1 atom stereocenters. The second-order valence-corrected chi connectivity index (χ2v) is 8.88. The average molecular weight is 470 g/mol. The van der Waals surface area contributed by atoms with E-state index in [2.05, 4.69) is 62.9 Å². The first-order valence-corrected chi connectivity index (χ1v) is 12.1. The van der Waals surface area contributed by atoms with Crippen molar-refractivity contribution in [1.29, 1.82) is 0 Å². The maximum absolute atomic E-state index is 12.2. The number of benzene rings is 2. The molecule has 0 amide bonds. The van der Waals surface area contributed by atoms with E-state index in [-0.39, 0.29) is 6.04 Å². The van der Waals surface area contributed by atoms with Crippen LogP contribution >= 0.6 is 0 Å². The molecule has 4 aromatic rings. The normalized spacial score (nSPS) is 15.9. The second-order valence-electron chi connectivity index (χ2n) is 8.88. The van der Waals surface area contributed by atoms with E-state index in [1.165, 1.54) is 0 Å². The zero-order chi connectivity index (χ0) is 24.2. The number of carbonyl (C=O) groups excluding carboxylic acids is 1. The van der Waals surface area contributed by atoms with Gasteiger partial charge in [0.25, 0.3) is 0 Å². The van der Waals surface area contributed by atoms with Crippen molar-refractivity contribution in [2.24, 2.45) is 0 Å². The molecule has 0 bridgehead atoms. The van der Waals surface area contributed by atoms with Crippen molar-refractivity contribution in [1.82, 2.24) is 9.97 Å². The SMILES string of the molecule is CCN(C)c1cccnc1N1CCN(c2cc3cc(OCc4ccccc4)ccc3[nH]2)C(C=O)C1. The Kier molecular flexibility index (Phi) is 6.57. The highest BCUT2D eigenvalue weighted by Crippen LogP contribution is 2.31. The number of nitrogens with one attached hydrogen (secondary N) is 1. The molecule has 0 aliphatic carbocycles.